The molecule has 1 aliphatic rings. The molecule has 37 heavy (non-hydrogen) atoms. The van der Waals surface area contributed by atoms with E-state index in [1.54, 1.807) is 11.8 Å². The number of oxazole rings is 1. The second-order valence-corrected chi connectivity index (χ2v) is 9.89. The van der Waals surface area contributed by atoms with Crippen molar-refractivity contribution in [2.75, 3.05) is 19.7 Å². The van der Waals surface area contributed by atoms with E-state index in [0.29, 0.717) is 32.1 Å². The maximum absolute atomic E-state index is 13.2. The molecule has 0 radical (unpaired) electrons. The van der Waals surface area contributed by atoms with E-state index in [0.717, 1.165) is 19.4 Å². The number of aromatic nitrogens is 1. The summed E-state index contributed by atoms with van der Waals surface area (Å²) in [5.41, 5.74) is 5.19. The van der Waals surface area contributed by atoms with Crippen molar-refractivity contribution in [3.63, 3.8) is 0 Å². The first-order valence-corrected chi connectivity index (χ1v) is 13.1. The van der Waals surface area contributed by atoms with Crippen molar-refractivity contribution in [3.05, 3.63) is 88.6 Å². The highest BCUT2D eigenvalue weighted by atomic mass is 16.5. The molecule has 1 fully saturated rings. The number of carbonyl (C=O) groups excluding carboxylic acids is 2. The summed E-state index contributed by atoms with van der Waals surface area (Å²) in [6.07, 6.45) is 2.93. The predicted octanol–water partition coefficient (Wildman–Crippen LogP) is 5.47. The van der Waals surface area contributed by atoms with Crippen LogP contribution >= 0.6 is 0 Å². The zero-order valence-electron chi connectivity index (χ0n) is 22.3. The molecule has 196 valence electrons. The smallest absolute Gasteiger partial charge is 0.310 e. The molecular weight excluding hydrogens is 466 g/mol. The van der Waals surface area contributed by atoms with Crippen LogP contribution < -0.4 is 0 Å². The van der Waals surface area contributed by atoms with Crippen LogP contribution in [0, 0.1) is 19.8 Å². The molecule has 0 aliphatic carbocycles. The molecule has 0 N–H and O–H groups in total. The van der Waals surface area contributed by atoms with Crippen molar-refractivity contribution < 1.29 is 18.7 Å². The molecule has 2 heterocycles. The molecule has 1 aliphatic heterocycles. The van der Waals surface area contributed by atoms with Gasteiger partial charge in [0.05, 0.1) is 19.1 Å². The highest BCUT2D eigenvalue weighted by Gasteiger charge is 2.31. The minimum absolute atomic E-state index is 0.111. The van der Waals surface area contributed by atoms with Crippen LogP contribution in [0.25, 0.3) is 0 Å². The minimum atomic E-state index is -0.288. The van der Waals surface area contributed by atoms with Crippen molar-refractivity contribution in [2.45, 2.75) is 59.7 Å². The summed E-state index contributed by atoms with van der Waals surface area (Å²) in [6, 6.07) is 17.0. The molecule has 7 heteroatoms. The highest BCUT2D eigenvalue weighted by Crippen LogP contribution is 2.26. The molecule has 1 amide bonds. The minimum Gasteiger partial charge on any atom is -0.466 e. The number of aryl methyl sites for hydroxylation is 2. The number of benzene rings is 2. The lowest BCUT2D eigenvalue weighted by Crippen LogP contribution is -2.43. The first-order chi connectivity index (χ1) is 17.9. The van der Waals surface area contributed by atoms with E-state index in [1.807, 2.05) is 18.2 Å². The third-order valence-electron chi connectivity index (χ3n) is 7.15. The molecule has 0 spiro atoms. The third kappa shape index (κ3) is 6.66. The van der Waals surface area contributed by atoms with E-state index in [2.05, 4.69) is 61.0 Å². The average Bonchev–Trinajstić information content (AvgIpc) is 3.38. The van der Waals surface area contributed by atoms with Crippen molar-refractivity contribution in [3.8, 4) is 0 Å². The molecule has 1 saturated heterocycles. The molecule has 4 rings (SSSR count). The standard InChI is InChI=1S/C30H37N3O4/c1-5-36-30(35)25-12-9-15-32(17-25)29(34)27-20-37-28(31-27)19-33(23(4)24-10-7-6-8-11-24)18-26-16-21(2)13-14-22(26)3/h6-8,10-11,13-14,16,20,23,25H,5,9,12,15,17-19H2,1-4H3/t23-,25+/m1/s1. The SMILES string of the molecule is CCOC(=O)[C@H]1CCCN(C(=O)c2coc(CN(Cc3cc(C)ccc3C)[C@H](C)c3ccccc3)n2)C1. The van der Waals surface area contributed by atoms with Crippen molar-refractivity contribution in [1.29, 1.82) is 0 Å². The number of ether oxygens (including phenoxy) is 1. The Balaban J connectivity index is 1.51. The van der Waals surface area contributed by atoms with E-state index < -0.39 is 0 Å². The summed E-state index contributed by atoms with van der Waals surface area (Å²) in [5.74, 6) is -0.238. The van der Waals surface area contributed by atoms with Gasteiger partial charge in [-0.05, 0) is 57.2 Å². The van der Waals surface area contributed by atoms with Gasteiger partial charge >= 0.3 is 5.97 Å². The van der Waals surface area contributed by atoms with Crippen LogP contribution in [0.5, 0.6) is 0 Å². The number of nitrogens with zero attached hydrogens (tertiary/aromatic N) is 3. The molecule has 2 aromatic carbocycles. The van der Waals surface area contributed by atoms with E-state index in [9.17, 15) is 9.59 Å². The Hall–Kier alpha value is -3.45. The molecule has 0 saturated carbocycles. The Labute approximate surface area is 219 Å². The van der Waals surface area contributed by atoms with Crippen LogP contribution in [0.3, 0.4) is 0 Å². The summed E-state index contributed by atoms with van der Waals surface area (Å²) in [7, 11) is 0. The Morgan fingerprint density at radius 2 is 1.95 bits per heavy atom. The number of carbonyl (C=O) groups is 2. The average molecular weight is 504 g/mol. The largest absolute Gasteiger partial charge is 0.466 e. The van der Waals surface area contributed by atoms with Gasteiger partial charge in [0.2, 0.25) is 5.89 Å². The maximum Gasteiger partial charge on any atom is 0.310 e. The molecule has 3 aromatic rings. The van der Waals surface area contributed by atoms with Gasteiger partial charge in [0.25, 0.3) is 5.91 Å². The van der Waals surface area contributed by atoms with Gasteiger partial charge in [-0.15, -0.1) is 0 Å². The second-order valence-electron chi connectivity index (χ2n) is 9.89. The lowest BCUT2D eigenvalue weighted by molar-refractivity contribution is -0.149. The molecule has 0 bridgehead atoms. The number of rotatable bonds is 9. The first kappa shape index (κ1) is 26.6. The van der Waals surface area contributed by atoms with Crippen molar-refractivity contribution in [2.24, 2.45) is 5.92 Å². The van der Waals surface area contributed by atoms with E-state index in [4.69, 9.17) is 9.15 Å². The zero-order valence-corrected chi connectivity index (χ0v) is 22.3. The Kier molecular flexibility index (Phi) is 8.77. The Morgan fingerprint density at radius 3 is 2.70 bits per heavy atom. The maximum atomic E-state index is 13.2. The summed E-state index contributed by atoms with van der Waals surface area (Å²) >= 11 is 0. The van der Waals surface area contributed by atoms with Gasteiger partial charge < -0.3 is 14.1 Å². The van der Waals surface area contributed by atoms with Crippen molar-refractivity contribution >= 4 is 11.9 Å². The normalized spacial score (nSPS) is 16.6. The quantitative estimate of drug-likeness (QED) is 0.361. The Morgan fingerprint density at radius 1 is 1.16 bits per heavy atom. The van der Waals surface area contributed by atoms with Crippen LogP contribution in [-0.2, 0) is 22.6 Å². The van der Waals surface area contributed by atoms with Gasteiger partial charge in [0, 0.05) is 25.7 Å². The topological polar surface area (TPSA) is 75.9 Å². The van der Waals surface area contributed by atoms with E-state index in [1.165, 1.54) is 28.5 Å². The van der Waals surface area contributed by atoms with Gasteiger partial charge in [-0.2, -0.15) is 0 Å². The number of amides is 1. The number of esters is 1. The van der Waals surface area contributed by atoms with Gasteiger partial charge in [-0.25, -0.2) is 4.98 Å². The van der Waals surface area contributed by atoms with Crippen LogP contribution in [0.15, 0.2) is 59.2 Å². The third-order valence-corrected chi connectivity index (χ3v) is 7.15. The predicted molar refractivity (Wildman–Crippen MR) is 142 cm³/mol. The Bertz CT molecular complexity index is 1210. The molecule has 1 aromatic heterocycles. The summed E-state index contributed by atoms with van der Waals surface area (Å²) in [4.78, 5) is 34.0. The first-order valence-electron chi connectivity index (χ1n) is 13.1. The van der Waals surface area contributed by atoms with Gasteiger partial charge in [-0.3, -0.25) is 14.5 Å². The molecular formula is C30H37N3O4. The lowest BCUT2D eigenvalue weighted by Gasteiger charge is -2.31. The van der Waals surface area contributed by atoms with Crippen molar-refractivity contribution in [1.82, 2.24) is 14.8 Å². The van der Waals surface area contributed by atoms with Crippen LogP contribution in [-0.4, -0.2) is 46.4 Å². The number of likely N-dealkylation sites (tertiary alicyclic amines) is 1. The molecule has 0 unspecified atom stereocenters. The monoisotopic (exact) mass is 503 g/mol. The van der Waals surface area contributed by atoms with Gasteiger partial charge in [0.15, 0.2) is 5.69 Å². The number of hydrogen-bond donors (Lipinski definition) is 0. The number of hydrogen-bond acceptors (Lipinski definition) is 6. The van der Waals surface area contributed by atoms with E-state index >= 15 is 0 Å². The zero-order chi connectivity index (χ0) is 26.4. The molecule has 2 atom stereocenters. The highest BCUT2D eigenvalue weighted by molar-refractivity contribution is 5.92. The summed E-state index contributed by atoms with van der Waals surface area (Å²) < 4.78 is 11.0. The fourth-order valence-corrected chi connectivity index (χ4v) is 4.89. The van der Waals surface area contributed by atoms with Crippen LogP contribution in [0.4, 0.5) is 0 Å². The van der Waals surface area contributed by atoms with Crippen LogP contribution in [0.1, 0.15) is 71.4 Å². The van der Waals surface area contributed by atoms with Crippen LogP contribution in [0.2, 0.25) is 0 Å². The molecule has 7 nitrogen and oxygen atoms in total. The van der Waals surface area contributed by atoms with Gasteiger partial charge in [-0.1, -0.05) is 54.1 Å². The van der Waals surface area contributed by atoms with Gasteiger partial charge in [0.1, 0.15) is 6.26 Å². The second kappa shape index (κ2) is 12.2. The number of piperidine rings is 1. The van der Waals surface area contributed by atoms with E-state index in [-0.39, 0.29) is 29.5 Å². The summed E-state index contributed by atoms with van der Waals surface area (Å²) in [6.45, 7) is 10.7. The fourth-order valence-electron chi connectivity index (χ4n) is 4.89. The lowest BCUT2D eigenvalue weighted by atomic mass is 9.98. The fraction of sp³-hybridized carbons (Fsp3) is 0.433. The summed E-state index contributed by atoms with van der Waals surface area (Å²) in [5, 5.41) is 0.